The van der Waals surface area contributed by atoms with E-state index in [9.17, 15) is 39.0 Å². The lowest BCUT2D eigenvalue weighted by atomic mass is 9.73. The van der Waals surface area contributed by atoms with Crippen LogP contribution in [0.2, 0.25) is 0 Å². The molecular weight excluding hydrogens is 1640 g/mol. The number of anilines is 2. The van der Waals surface area contributed by atoms with Gasteiger partial charge in [0.05, 0.1) is 174 Å². The molecule has 2 saturated carbocycles. The number of aryl methyl sites for hydroxylation is 1. The van der Waals surface area contributed by atoms with Crippen molar-refractivity contribution in [2.45, 2.75) is 219 Å². The first-order valence-corrected chi connectivity index (χ1v) is 45.2. The summed E-state index contributed by atoms with van der Waals surface area (Å²) in [6.07, 6.45) is 17.0. The Morgan fingerprint density at radius 3 is 2.03 bits per heavy atom. The van der Waals surface area contributed by atoms with E-state index in [2.05, 4.69) is 30.6 Å². The average molecular weight is 1780 g/mol. The Morgan fingerprint density at radius 2 is 1.36 bits per heavy atom. The van der Waals surface area contributed by atoms with Crippen LogP contribution in [0.25, 0.3) is 33.4 Å². The summed E-state index contributed by atoms with van der Waals surface area (Å²) in [6, 6.07) is 5.57. The van der Waals surface area contributed by atoms with E-state index in [4.69, 9.17) is 92.0 Å². The minimum atomic E-state index is -2.43. The third-order valence-corrected chi connectivity index (χ3v) is 24.1. The highest BCUT2D eigenvalue weighted by molar-refractivity contribution is 6.41. The van der Waals surface area contributed by atoms with Gasteiger partial charge in [-0.2, -0.15) is 10.1 Å². The molecule has 1 aromatic carbocycles. The van der Waals surface area contributed by atoms with Crippen LogP contribution in [-0.2, 0) is 120 Å². The van der Waals surface area contributed by atoms with Crippen LogP contribution < -0.4 is 16.8 Å². The van der Waals surface area contributed by atoms with E-state index in [0.717, 1.165) is 30.4 Å². The minimum absolute atomic E-state index is 0.00625. The number of aliphatic hydroxyl groups excluding tert-OH is 1. The molecule has 0 radical (unpaired) electrons. The number of rotatable bonds is 45. The summed E-state index contributed by atoms with van der Waals surface area (Å²) in [5.41, 5.74) is 17.1. The van der Waals surface area contributed by atoms with Crippen LogP contribution in [0.3, 0.4) is 0 Å². The van der Waals surface area contributed by atoms with Crippen LogP contribution in [0.1, 0.15) is 157 Å². The Balaban J connectivity index is 0.586. The molecule has 35 heteroatoms. The third-order valence-electron chi connectivity index (χ3n) is 24.1. The summed E-state index contributed by atoms with van der Waals surface area (Å²) in [5, 5.41) is 40.7. The van der Waals surface area contributed by atoms with Crippen molar-refractivity contribution in [3.05, 3.63) is 84.0 Å². The predicted molar refractivity (Wildman–Crippen MR) is 470 cm³/mol. The van der Waals surface area contributed by atoms with Gasteiger partial charge < -0.3 is 102 Å². The lowest BCUT2D eigenvalue weighted by molar-refractivity contribution is -0.265. The summed E-state index contributed by atoms with van der Waals surface area (Å²) >= 11 is 0. The van der Waals surface area contributed by atoms with Crippen molar-refractivity contribution in [3.8, 4) is 11.3 Å². The number of nitrogens with one attached hydrogen (secondary N) is 1. The number of benzene rings is 1. The summed E-state index contributed by atoms with van der Waals surface area (Å²) in [6.45, 7) is 21.6. The van der Waals surface area contributed by atoms with Crippen molar-refractivity contribution >= 4 is 69.0 Å². The maximum Gasteiger partial charge on any atom is 0.309 e. The number of carbonyl (C=O) groups is 6. The molecule has 35 nitrogen and oxygen atoms in total. The molecule has 0 spiro atoms. The molecule has 5 aromatic rings. The highest BCUT2D eigenvalue weighted by Gasteiger charge is 2.54. The predicted octanol–water partition coefficient (Wildman–Crippen LogP) is 9.24. The number of methoxy groups -OCH3 is 3. The first kappa shape index (κ1) is 103. The second-order valence-corrected chi connectivity index (χ2v) is 33.8. The molecule has 16 atom stereocenters. The quantitative estimate of drug-likeness (QED) is 0.0105. The van der Waals surface area contributed by atoms with Crippen LogP contribution in [0.15, 0.2) is 82.7 Å². The molecule has 3 unspecified atom stereocenters. The molecule has 1 saturated heterocycles. The van der Waals surface area contributed by atoms with Gasteiger partial charge in [-0.15, -0.1) is 5.10 Å². The van der Waals surface area contributed by atoms with E-state index < -0.39 is 83.4 Å². The molecule has 3 fully saturated rings. The number of ketones is 4. The molecule has 1 amide bonds. The van der Waals surface area contributed by atoms with Crippen LogP contribution >= 0.6 is 0 Å². The fourth-order valence-corrected chi connectivity index (χ4v) is 16.8. The Kier molecular flexibility index (Phi) is 44.1. The number of unbranched alkanes of at least 4 members (excludes halogenated alkanes) is 1. The highest BCUT2D eigenvalue weighted by Crippen LogP contribution is 2.42. The molecule has 4 aliphatic rings. The number of nitrogens with zero attached hydrogens (tertiary/aromatic N) is 8. The number of carbonyl (C=O) groups excluding carboxylic acids is 6. The topological polar surface area (TPSA) is 446 Å². The molecule has 2 bridgehead atoms. The number of fused-ring (bicyclic) bond motifs is 5. The zero-order valence-electron chi connectivity index (χ0n) is 76.0. The number of hydrogen-bond donors (Lipinski definition) is 5. The molecule has 7 N–H and O–H groups in total. The third kappa shape index (κ3) is 32.5. The zero-order chi connectivity index (χ0) is 91.0. The highest BCUT2D eigenvalue weighted by atomic mass is 16.6. The van der Waals surface area contributed by atoms with Crippen LogP contribution in [-0.4, -0.2) is 280 Å². The fraction of sp³-hybridized carbons (Fsp3) is 0.696. The number of oxazole rings is 1. The first-order chi connectivity index (χ1) is 61.4. The number of esters is 1. The zero-order valence-corrected chi connectivity index (χ0v) is 76.0. The monoisotopic (exact) mass is 1780 g/mol. The van der Waals surface area contributed by atoms with Gasteiger partial charge in [-0.05, 0) is 132 Å². The number of aliphatic hydroxyl groups is 2. The minimum Gasteiger partial charge on any atom is -0.461 e. The average Bonchev–Trinajstić information content (AvgIpc) is 1.54. The van der Waals surface area contributed by atoms with E-state index in [1.54, 1.807) is 56.5 Å². The van der Waals surface area contributed by atoms with Crippen molar-refractivity contribution < 1.29 is 114 Å². The standard InChI is InChI=1S/C92H139N11O24/c1-60-18-12-11-13-19-61(2)77(112-8)55-70-25-22-66(7)92(111,127-70)87(109)85(108)71-20-14-15-21-72(71)90(110)125-78(56-74(104)62(3)51-65(6)84(107)86(114-10)83(106)64(5)50-60)63(4)52-67-23-26-76(79(53-67)113-9)124-49-48-123-58-69-57-102(101-99-69)31-33-116-35-37-118-39-41-120-43-45-122-47-46-121-44-42-119-40-38-117-36-34-115-32-28-80(105)95-29-16-17-30-103-89-81(88(93)96-59-97-89)82(100-103)68-24-27-75-73(54-68)98-91(94)126-75/h11-13,18-19,24,27,51,54,57,59-60,62-64,66-67,70-72,76-79,84,86,107,111H,14-17,20-23,25-26,28-50,52-53,55-56,58H2,1-10H3,(H2,94,98)(H,95,105)(H2,93,96,97)/t60-,62-,63-,64-,66-,67-,70+,71?,72+,76+,77?,78?,79-,84+,86+,92-/m1/s1. The summed E-state index contributed by atoms with van der Waals surface area (Å²) in [5.74, 6) is -9.73. The molecule has 9 rings (SSSR count). The molecule has 706 valence electrons. The molecule has 2 aliphatic carbocycles. The van der Waals surface area contributed by atoms with Gasteiger partial charge in [0.15, 0.2) is 17.0 Å². The maximum absolute atomic E-state index is 14.8. The Hall–Kier alpha value is -8.08. The van der Waals surface area contributed by atoms with Gasteiger partial charge >= 0.3 is 5.97 Å². The van der Waals surface area contributed by atoms with E-state index in [0.29, 0.717) is 235 Å². The number of ether oxygens (including phenoxy) is 15. The normalized spacial score (nSPS) is 25.8. The van der Waals surface area contributed by atoms with Gasteiger partial charge in [-0.3, -0.25) is 28.8 Å². The van der Waals surface area contributed by atoms with Crippen molar-refractivity contribution in [2.75, 3.05) is 158 Å². The van der Waals surface area contributed by atoms with Gasteiger partial charge in [0.1, 0.15) is 53.1 Å². The molecule has 127 heavy (non-hydrogen) atoms. The van der Waals surface area contributed by atoms with Crippen molar-refractivity contribution in [2.24, 2.45) is 47.3 Å². The number of nitrogen functional groups attached to an aromatic ring is 2. The number of hydrogen-bond acceptors (Lipinski definition) is 32. The van der Waals surface area contributed by atoms with E-state index >= 15 is 0 Å². The van der Waals surface area contributed by atoms with Crippen molar-refractivity contribution in [3.63, 3.8) is 0 Å². The molecule has 6 heterocycles. The number of nitrogens with two attached hydrogens (primary N) is 2. The second-order valence-electron chi connectivity index (χ2n) is 33.8. The second kappa shape index (κ2) is 54.5. The lowest BCUT2D eigenvalue weighted by Gasteiger charge is -2.42. The Labute approximate surface area is 745 Å². The number of aromatic nitrogens is 8. The van der Waals surface area contributed by atoms with Gasteiger partial charge in [0, 0.05) is 82.9 Å². The molecule has 2 aliphatic heterocycles. The molecule has 4 aromatic heterocycles. The van der Waals surface area contributed by atoms with Crippen molar-refractivity contribution in [1.29, 1.82) is 0 Å². The summed E-state index contributed by atoms with van der Waals surface area (Å²) < 4.78 is 96.5. The fourth-order valence-electron chi connectivity index (χ4n) is 16.8. The number of amides is 1. The largest absolute Gasteiger partial charge is 0.461 e. The van der Waals surface area contributed by atoms with Crippen LogP contribution in [0, 0.1) is 47.3 Å². The Morgan fingerprint density at radius 1 is 0.701 bits per heavy atom. The lowest BCUT2D eigenvalue weighted by Crippen LogP contribution is -2.57. The number of cyclic esters (lactones) is 1. The summed E-state index contributed by atoms with van der Waals surface area (Å²) in [4.78, 5) is 97.7. The van der Waals surface area contributed by atoms with E-state index in [1.165, 1.54) is 13.4 Å². The SMILES string of the molecule is COC1C[C@@H]2CC[C@@H](C)[C@@](O)(O2)C(=O)C(=O)C2CCCC[C@@H]2C(=O)OC([C@H](C)C[C@H]2CC[C@H](OCCOCc3cn(CCOCCOCCOCCOCCOCCOCCOCCOCCC(=O)NCCCCn4nc(-c5ccc6oc(N)nc6c5)c5c(N)ncnc54)nn3)[C@H](OC)C2)CC(=O)[C@H](C)C=C(C)[C@H](O)[C@@H](OC)C(=O)[C@H](C)C[C@H](C)C=CC=CC=C1C. The van der Waals surface area contributed by atoms with Gasteiger partial charge in [0.2, 0.25) is 17.5 Å². The smallest absolute Gasteiger partial charge is 0.309 e. The van der Waals surface area contributed by atoms with Crippen LogP contribution in [0.5, 0.6) is 0 Å². The summed E-state index contributed by atoms with van der Waals surface area (Å²) in [7, 11) is 4.62. The van der Waals surface area contributed by atoms with E-state index in [-0.39, 0.29) is 92.3 Å². The van der Waals surface area contributed by atoms with Gasteiger partial charge in [0.25, 0.3) is 11.8 Å². The Bertz CT molecular complexity index is 4320. The number of allylic oxidation sites excluding steroid dienone is 6. The van der Waals surface area contributed by atoms with Crippen LogP contribution in [0.4, 0.5) is 11.8 Å². The van der Waals surface area contributed by atoms with Gasteiger partial charge in [-0.25, -0.2) is 19.3 Å². The number of Topliss-reactive ketones (excluding diaryl/α,β-unsaturated/α-hetero) is 4. The van der Waals surface area contributed by atoms with Gasteiger partial charge in [-0.1, -0.05) is 89.1 Å². The first-order valence-electron chi connectivity index (χ1n) is 45.2. The maximum atomic E-state index is 14.8. The van der Waals surface area contributed by atoms with E-state index in [1.807, 2.05) is 76.4 Å². The van der Waals surface area contributed by atoms with Crippen molar-refractivity contribution in [1.82, 2.24) is 45.0 Å². The molecular formula is C92H139N11O24.